The van der Waals surface area contributed by atoms with Gasteiger partial charge in [-0.15, -0.1) is 0 Å². The van der Waals surface area contributed by atoms with Crippen LogP contribution in [0.1, 0.15) is 28.2 Å². The molecule has 0 amide bonds. The first-order valence-corrected chi connectivity index (χ1v) is 6.82. The van der Waals surface area contributed by atoms with Crippen LogP contribution in [0.4, 0.5) is 5.13 Å². The van der Waals surface area contributed by atoms with Gasteiger partial charge in [-0.1, -0.05) is 11.3 Å². The zero-order valence-electron chi connectivity index (χ0n) is 10.7. The van der Waals surface area contributed by atoms with Crippen molar-refractivity contribution in [2.75, 3.05) is 32.2 Å². The number of anilines is 1. The summed E-state index contributed by atoms with van der Waals surface area (Å²) in [6, 6.07) is 0. The molecule has 6 heteroatoms. The van der Waals surface area contributed by atoms with Crippen molar-refractivity contribution in [1.82, 2.24) is 4.98 Å². The van der Waals surface area contributed by atoms with E-state index >= 15 is 0 Å². The van der Waals surface area contributed by atoms with Crippen LogP contribution in [-0.2, 0) is 16.1 Å². The number of thiazole rings is 1. The van der Waals surface area contributed by atoms with E-state index in [1.165, 1.54) is 11.3 Å². The Kier molecular flexibility index (Phi) is 4.68. The quantitative estimate of drug-likeness (QED) is 0.737. The summed E-state index contributed by atoms with van der Waals surface area (Å²) in [7, 11) is 3.58. The van der Waals surface area contributed by atoms with Crippen molar-refractivity contribution in [2.45, 2.75) is 25.6 Å². The van der Waals surface area contributed by atoms with Crippen molar-refractivity contribution in [1.29, 1.82) is 0 Å². The lowest BCUT2D eigenvalue weighted by Gasteiger charge is -2.19. The molecule has 18 heavy (non-hydrogen) atoms. The molecule has 0 saturated carbocycles. The van der Waals surface area contributed by atoms with E-state index in [9.17, 15) is 4.79 Å². The second-order valence-corrected chi connectivity index (χ2v) is 5.38. The van der Waals surface area contributed by atoms with E-state index in [0.717, 1.165) is 37.4 Å². The van der Waals surface area contributed by atoms with E-state index in [0.29, 0.717) is 17.2 Å². The predicted octanol–water partition coefficient (Wildman–Crippen LogP) is 1.72. The Morgan fingerprint density at radius 3 is 3.11 bits per heavy atom. The van der Waals surface area contributed by atoms with E-state index in [-0.39, 0.29) is 6.10 Å². The van der Waals surface area contributed by atoms with Crippen LogP contribution in [0.5, 0.6) is 0 Å². The van der Waals surface area contributed by atoms with E-state index in [4.69, 9.17) is 9.47 Å². The van der Waals surface area contributed by atoms with E-state index in [1.54, 1.807) is 7.11 Å². The number of ether oxygens (including phenoxy) is 2. The highest BCUT2D eigenvalue weighted by molar-refractivity contribution is 7.17. The van der Waals surface area contributed by atoms with Gasteiger partial charge >= 0.3 is 0 Å². The molecule has 0 N–H and O–H groups in total. The second-order valence-electron chi connectivity index (χ2n) is 4.37. The fourth-order valence-electron chi connectivity index (χ4n) is 2.02. The first kappa shape index (κ1) is 13.5. The number of nitrogens with zero attached hydrogens (tertiary/aromatic N) is 2. The summed E-state index contributed by atoms with van der Waals surface area (Å²) in [5.74, 6) is 0. The number of methoxy groups -OCH3 is 1. The minimum atomic E-state index is 0.282. The standard InChI is InChI=1S/C12H18N2O3S/c1-14(6-9-4-3-5-17-9)12-13-10(8-16-2)11(7-15)18-12/h7,9H,3-6,8H2,1-2H3. The average Bonchev–Trinajstić information content (AvgIpc) is 2.98. The molecule has 0 radical (unpaired) electrons. The zero-order chi connectivity index (χ0) is 13.0. The normalized spacial score (nSPS) is 19.1. The Bertz CT molecular complexity index is 402. The van der Waals surface area contributed by atoms with Crippen molar-refractivity contribution in [2.24, 2.45) is 0 Å². The highest BCUT2D eigenvalue weighted by Gasteiger charge is 2.20. The van der Waals surface area contributed by atoms with Crippen molar-refractivity contribution in [3.8, 4) is 0 Å². The molecule has 1 saturated heterocycles. The van der Waals surface area contributed by atoms with E-state index < -0.39 is 0 Å². The van der Waals surface area contributed by atoms with Gasteiger partial charge in [0.05, 0.1) is 23.3 Å². The zero-order valence-corrected chi connectivity index (χ0v) is 11.5. The number of hydrogen-bond donors (Lipinski definition) is 0. The molecule has 0 aromatic carbocycles. The largest absolute Gasteiger partial charge is 0.378 e. The highest BCUT2D eigenvalue weighted by atomic mass is 32.1. The number of carbonyl (C=O) groups is 1. The number of carbonyl (C=O) groups excluding carboxylic acids is 1. The predicted molar refractivity (Wildman–Crippen MR) is 70.5 cm³/mol. The van der Waals surface area contributed by atoms with Crippen LogP contribution >= 0.6 is 11.3 Å². The summed E-state index contributed by atoms with van der Waals surface area (Å²) < 4.78 is 10.6. The highest BCUT2D eigenvalue weighted by Crippen LogP contribution is 2.26. The van der Waals surface area contributed by atoms with E-state index in [2.05, 4.69) is 4.98 Å². The molecule has 100 valence electrons. The molecule has 1 aliphatic rings. The van der Waals surface area contributed by atoms with Gasteiger partial charge in [0.25, 0.3) is 0 Å². The van der Waals surface area contributed by atoms with Crippen LogP contribution < -0.4 is 4.90 Å². The third kappa shape index (κ3) is 3.07. The SMILES string of the molecule is COCc1nc(N(C)CC2CCCO2)sc1C=O. The molecule has 2 rings (SSSR count). The summed E-state index contributed by atoms with van der Waals surface area (Å²) in [4.78, 5) is 18.1. The van der Waals surface area contributed by atoms with Gasteiger partial charge in [0, 0.05) is 27.3 Å². The molecule has 1 aromatic rings. The summed E-state index contributed by atoms with van der Waals surface area (Å²) in [5, 5.41) is 0.847. The molecule has 1 unspecified atom stereocenters. The van der Waals surface area contributed by atoms with Crippen LogP contribution in [0, 0.1) is 0 Å². The van der Waals surface area contributed by atoms with Gasteiger partial charge in [-0.3, -0.25) is 4.79 Å². The van der Waals surface area contributed by atoms with Gasteiger partial charge in [0.2, 0.25) is 0 Å². The lowest BCUT2D eigenvalue weighted by molar-refractivity contribution is 0.112. The lowest BCUT2D eigenvalue weighted by Crippen LogP contribution is -2.28. The van der Waals surface area contributed by atoms with Gasteiger partial charge in [0.15, 0.2) is 11.4 Å². The number of likely N-dealkylation sites (N-methyl/N-ethyl adjacent to an activating group) is 1. The fourth-order valence-corrected chi connectivity index (χ4v) is 2.87. The van der Waals surface area contributed by atoms with Gasteiger partial charge < -0.3 is 14.4 Å². The fraction of sp³-hybridized carbons (Fsp3) is 0.667. The first-order valence-electron chi connectivity index (χ1n) is 6.01. The smallest absolute Gasteiger partial charge is 0.186 e. The molecule has 1 aromatic heterocycles. The van der Waals surface area contributed by atoms with Crippen molar-refractivity contribution in [3.05, 3.63) is 10.6 Å². The van der Waals surface area contributed by atoms with Crippen LogP contribution in [-0.4, -0.2) is 44.7 Å². The maximum absolute atomic E-state index is 11.0. The van der Waals surface area contributed by atoms with Crippen LogP contribution in [0.3, 0.4) is 0 Å². The van der Waals surface area contributed by atoms with Crippen molar-refractivity contribution < 1.29 is 14.3 Å². The first-order chi connectivity index (χ1) is 8.74. The molecule has 0 aliphatic carbocycles. The average molecular weight is 270 g/mol. The Morgan fingerprint density at radius 1 is 1.67 bits per heavy atom. The molecular weight excluding hydrogens is 252 g/mol. The second kappa shape index (κ2) is 6.26. The summed E-state index contributed by atoms with van der Waals surface area (Å²) in [6.45, 7) is 2.04. The third-order valence-electron chi connectivity index (χ3n) is 2.93. The monoisotopic (exact) mass is 270 g/mol. The molecular formula is C12H18N2O3S. The summed E-state index contributed by atoms with van der Waals surface area (Å²) in [5.41, 5.74) is 0.715. The molecule has 1 atom stereocenters. The molecule has 2 heterocycles. The Labute approximate surface area is 111 Å². The molecule has 1 aliphatic heterocycles. The minimum absolute atomic E-state index is 0.282. The molecule has 0 bridgehead atoms. The number of hydrogen-bond acceptors (Lipinski definition) is 6. The molecule has 5 nitrogen and oxygen atoms in total. The molecule has 1 fully saturated rings. The number of rotatable bonds is 6. The number of aldehydes is 1. The Morgan fingerprint density at radius 2 is 2.50 bits per heavy atom. The van der Waals surface area contributed by atoms with Crippen molar-refractivity contribution >= 4 is 22.8 Å². The van der Waals surface area contributed by atoms with Crippen LogP contribution in [0.25, 0.3) is 0 Å². The van der Waals surface area contributed by atoms with Crippen LogP contribution in [0.2, 0.25) is 0 Å². The van der Waals surface area contributed by atoms with Crippen molar-refractivity contribution in [3.63, 3.8) is 0 Å². The van der Waals surface area contributed by atoms with Crippen LogP contribution in [0.15, 0.2) is 0 Å². The summed E-state index contributed by atoms with van der Waals surface area (Å²) in [6.07, 6.45) is 3.35. The van der Waals surface area contributed by atoms with Gasteiger partial charge in [-0.2, -0.15) is 0 Å². The Hall–Kier alpha value is -0.980. The van der Waals surface area contributed by atoms with E-state index in [1.807, 2.05) is 11.9 Å². The third-order valence-corrected chi connectivity index (χ3v) is 4.07. The van der Waals surface area contributed by atoms with Gasteiger partial charge in [-0.25, -0.2) is 4.98 Å². The maximum atomic E-state index is 11.0. The van der Waals surface area contributed by atoms with Gasteiger partial charge in [-0.05, 0) is 12.8 Å². The summed E-state index contributed by atoms with van der Waals surface area (Å²) >= 11 is 1.40. The minimum Gasteiger partial charge on any atom is -0.378 e. The molecule has 0 spiro atoms. The maximum Gasteiger partial charge on any atom is 0.186 e. The topological polar surface area (TPSA) is 51.7 Å². The Balaban J connectivity index is 2.04. The number of aromatic nitrogens is 1. The lowest BCUT2D eigenvalue weighted by atomic mass is 10.2. The van der Waals surface area contributed by atoms with Gasteiger partial charge in [0.1, 0.15) is 0 Å².